The fourth-order valence-electron chi connectivity index (χ4n) is 1.66. The third-order valence-corrected chi connectivity index (χ3v) is 3.21. The summed E-state index contributed by atoms with van der Waals surface area (Å²) >= 11 is 1.02. The van der Waals surface area contributed by atoms with E-state index in [0.29, 0.717) is 41.0 Å². The Morgan fingerprint density at radius 2 is 2.05 bits per heavy atom. The number of carbonyl (C=O) groups is 1. The number of nitrogens with zero attached hydrogens (tertiary/aromatic N) is 2. The Bertz CT molecular complexity index is 615. The Morgan fingerprint density at radius 1 is 1.32 bits per heavy atom. The standard InChI is InChI=1S/C11H10N4O3S/c12-6-3-8-9(18-2-1-17-8)4-7(6)14-11(16)10-5-13-15-19-10/h3-5H,1-2,12H2,(H,14,16). The summed E-state index contributed by atoms with van der Waals surface area (Å²) in [4.78, 5) is 12.3. The van der Waals surface area contributed by atoms with Crippen LogP contribution in [0.15, 0.2) is 18.3 Å². The van der Waals surface area contributed by atoms with Gasteiger partial charge in [-0.25, -0.2) is 0 Å². The molecule has 3 rings (SSSR count). The first kappa shape index (κ1) is 11.7. The number of nitrogen functional groups attached to an aromatic ring is 1. The molecule has 1 aliphatic rings. The van der Waals surface area contributed by atoms with Crippen LogP contribution in [0.4, 0.5) is 11.4 Å². The molecule has 1 aliphatic heterocycles. The molecule has 1 amide bonds. The van der Waals surface area contributed by atoms with Crippen LogP contribution in [0.25, 0.3) is 0 Å². The van der Waals surface area contributed by atoms with Crippen LogP contribution >= 0.6 is 11.5 Å². The minimum absolute atomic E-state index is 0.307. The zero-order valence-electron chi connectivity index (χ0n) is 9.75. The van der Waals surface area contributed by atoms with Gasteiger partial charge < -0.3 is 20.5 Å². The summed E-state index contributed by atoms with van der Waals surface area (Å²) < 4.78 is 14.5. The fourth-order valence-corrected chi connectivity index (χ4v) is 2.07. The maximum absolute atomic E-state index is 11.9. The second-order valence-corrected chi connectivity index (χ2v) is 4.60. The van der Waals surface area contributed by atoms with Gasteiger partial charge in [-0.1, -0.05) is 4.49 Å². The predicted molar refractivity (Wildman–Crippen MR) is 69.7 cm³/mol. The Kier molecular flexibility index (Phi) is 2.92. The van der Waals surface area contributed by atoms with Crippen molar-refractivity contribution in [2.24, 2.45) is 0 Å². The number of ether oxygens (including phenoxy) is 2. The highest BCUT2D eigenvalue weighted by molar-refractivity contribution is 7.07. The molecule has 8 heteroatoms. The second kappa shape index (κ2) is 4.73. The third-order valence-electron chi connectivity index (χ3n) is 2.55. The highest BCUT2D eigenvalue weighted by Crippen LogP contribution is 2.37. The van der Waals surface area contributed by atoms with Crippen molar-refractivity contribution >= 4 is 28.8 Å². The molecule has 0 saturated heterocycles. The second-order valence-electron chi connectivity index (χ2n) is 3.82. The lowest BCUT2D eigenvalue weighted by Gasteiger charge is -2.20. The van der Waals surface area contributed by atoms with Crippen LogP contribution < -0.4 is 20.5 Å². The largest absolute Gasteiger partial charge is 0.486 e. The third kappa shape index (κ3) is 2.29. The van der Waals surface area contributed by atoms with Crippen LogP contribution in [-0.4, -0.2) is 28.7 Å². The first-order valence-corrected chi connectivity index (χ1v) is 6.29. The lowest BCUT2D eigenvalue weighted by atomic mass is 10.2. The van der Waals surface area contributed by atoms with Crippen molar-refractivity contribution in [2.75, 3.05) is 24.3 Å². The maximum atomic E-state index is 11.9. The Labute approximate surface area is 112 Å². The molecule has 7 nitrogen and oxygen atoms in total. The van der Waals surface area contributed by atoms with E-state index in [1.165, 1.54) is 6.20 Å². The summed E-state index contributed by atoms with van der Waals surface area (Å²) in [6.45, 7) is 0.966. The predicted octanol–water partition coefficient (Wildman–Crippen LogP) is 1.14. The van der Waals surface area contributed by atoms with Crippen molar-refractivity contribution in [2.45, 2.75) is 0 Å². The Hall–Kier alpha value is -2.35. The maximum Gasteiger partial charge on any atom is 0.269 e. The number of hydrogen-bond donors (Lipinski definition) is 2. The normalized spacial score (nSPS) is 13.1. The van der Waals surface area contributed by atoms with E-state index in [4.69, 9.17) is 15.2 Å². The molecule has 3 N–H and O–H groups in total. The summed E-state index contributed by atoms with van der Waals surface area (Å²) in [7, 11) is 0. The van der Waals surface area contributed by atoms with Gasteiger partial charge in [0.05, 0.1) is 17.6 Å². The van der Waals surface area contributed by atoms with Crippen LogP contribution in [0.2, 0.25) is 0 Å². The van der Waals surface area contributed by atoms with Crippen molar-refractivity contribution in [3.8, 4) is 11.5 Å². The summed E-state index contributed by atoms with van der Waals surface area (Å²) in [5.74, 6) is 0.845. The molecule has 1 aromatic heterocycles. The number of hydrogen-bond acceptors (Lipinski definition) is 7. The van der Waals surface area contributed by atoms with Crippen LogP contribution in [0.5, 0.6) is 11.5 Å². The number of carbonyl (C=O) groups excluding carboxylic acids is 1. The molecular formula is C11H10N4O3S. The monoisotopic (exact) mass is 278 g/mol. The topological polar surface area (TPSA) is 99.4 Å². The number of nitrogens with one attached hydrogen (secondary N) is 1. The van der Waals surface area contributed by atoms with E-state index in [1.807, 2.05) is 0 Å². The molecule has 0 aliphatic carbocycles. The van der Waals surface area contributed by atoms with Gasteiger partial charge in [-0.3, -0.25) is 4.79 Å². The molecule has 0 spiro atoms. The number of rotatable bonds is 2. The van der Waals surface area contributed by atoms with Gasteiger partial charge in [0, 0.05) is 12.1 Å². The SMILES string of the molecule is Nc1cc2c(cc1NC(=O)c1cnns1)OCCO2. The van der Waals surface area contributed by atoms with Gasteiger partial charge in [-0.05, 0) is 11.5 Å². The van der Waals surface area contributed by atoms with Gasteiger partial charge in [0.1, 0.15) is 18.1 Å². The molecule has 0 radical (unpaired) electrons. The lowest BCUT2D eigenvalue weighted by molar-refractivity contribution is 0.103. The van der Waals surface area contributed by atoms with Gasteiger partial charge >= 0.3 is 0 Å². The van der Waals surface area contributed by atoms with E-state index in [1.54, 1.807) is 12.1 Å². The summed E-state index contributed by atoms with van der Waals surface area (Å²) in [6, 6.07) is 3.28. The molecule has 2 aromatic rings. The molecule has 0 bridgehead atoms. The van der Waals surface area contributed by atoms with Gasteiger partial charge in [-0.15, -0.1) is 5.10 Å². The summed E-state index contributed by atoms with van der Waals surface area (Å²) in [5.41, 5.74) is 6.75. The zero-order chi connectivity index (χ0) is 13.2. The van der Waals surface area contributed by atoms with Gasteiger partial charge in [-0.2, -0.15) is 0 Å². The molecule has 98 valence electrons. The number of amides is 1. The van der Waals surface area contributed by atoms with E-state index in [9.17, 15) is 4.79 Å². The Balaban J connectivity index is 1.87. The van der Waals surface area contributed by atoms with Crippen LogP contribution in [-0.2, 0) is 0 Å². The first-order chi connectivity index (χ1) is 9.24. The highest BCUT2D eigenvalue weighted by atomic mass is 32.1. The first-order valence-electron chi connectivity index (χ1n) is 5.52. The molecule has 19 heavy (non-hydrogen) atoms. The van der Waals surface area contributed by atoms with E-state index >= 15 is 0 Å². The molecule has 2 heterocycles. The van der Waals surface area contributed by atoms with Crippen LogP contribution in [0.1, 0.15) is 9.67 Å². The minimum Gasteiger partial charge on any atom is -0.486 e. The smallest absolute Gasteiger partial charge is 0.269 e. The van der Waals surface area contributed by atoms with E-state index in [0.717, 1.165) is 11.5 Å². The van der Waals surface area contributed by atoms with Gasteiger partial charge in [0.25, 0.3) is 5.91 Å². The highest BCUT2D eigenvalue weighted by Gasteiger charge is 2.17. The fraction of sp³-hybridized carbons (Fsp3) is 0.182. The molecule has 0 fully saturated rings. The van der Waals surface area contributed by atoms with Crippen molar-refractivity contribution in [1.29, 1.82) is 0 Å². The number of anilines is 2. The van der Waals surface area contributed by atoms with Gasteiger partial charge in [0.2, 0.25) is 0 Å². The van der Waals surface area contributed by atoms with Crippen molar-refractivity contribution < 1.29 is 14.3 Å². The number of nitrogens with two attached hydrogens (primary N) is 1. The summed E-state index contributed by atoms with van der Waals surface area (Å²) in [5, 5.41) is 6.30. The van der Waals surface area contributed by atoms with E-state index < -0.39 is 0 Å². The Morgan fingerprint density at radius 3 is 2.74 bits per heavy atom. The quantitative estimate of drug-likeness (QED) is 0.799. The minimum atomic E-state index is -0.307. The molecular weight excluding hydrogens is 268 g/mol. The van der Waals surface area contributed by atoms with Crippen molar-refractivity contribution in [3.63, 3.8) is 0 Å². The van der Waals surface area contributed by atoms with Crippen molar-refractivity contribution in [1.82, 2.24) is 9.59 Å². The molecule has 0 atom stereocenters. The molecule has 1 aromatic carbocycles. The van der Waals surface area contributed by atoms with E-state index in [2.05, 4.69) is 14.9 Å². The van der Waals surface area contributed by atoms with Crippen LogP contribution in [0, 0.1) is 0 Å². The van der Waals surface area contributed by atoms with E-state index in [-0.39, 0.29) is 5.91 Å². The molecule has 0 saturated carbocycles. The van der Waals surface area contributed by atoms with Crippen LogP contribution in [0.3, 0.4) is 0 Å². The zero-order valence-corrected chi connectivity index (χ0v) is 10.6. The van der Waals surface area contributed by atoms with Gasteiger partial charge in [0.15, 0.2) is 11.5 Å². The average Bonchev–Trinajstić information content (AvgIpc) is 2.93. The van der Waals surface area contributed by atoms with Crippen molar-refractivity contribution in [3.05, 3.63) is 23.2 Å². The summed E-state index contributed by atoms with van der Waals surface area (Å²) in [6.07, 6.45) is 1.40. The molecule has 0 unspecified atom stereocenters. The number of aromatic nitrogens is 2. The number of benzene rings is 1. The average molecular weight is 278 g/mol. The number of fused-ring (bicyclic) bond motifs is 1. The lowest BCUT2D eigenvalue weighted by Crippen LogP contribution is -2.17.